The fourth-order valence-corrected chi connectivity index (χ4v) is 1.65. The summed E-state index contributed by atoms with van der Waals surface area (Å²) in [6, 6.07) is 9.73. The molecule has 0 radical (unpaired) electrons. The van der Waals surface area contributed by atoms with Gasteiger partial charge in [-0.05, 0) is 18.4 Å². The molecule has 2 nitrogen and oxygen atoms in total. The van der Waals surface area contributed by atoms with E-state index in [2.05, 4.69) is 6.58 Å². The zero-order valence-corrected chi connectivity index (χ0v) is 8.61. The van der Waals surface area contributed by atoms with Crippen molar-refractivity contribution in [2.24, 2.45) is 5.92 Å². The first-order valence-electron chi connectivity index (χ1n) is 5.13. The van der Waals surface area contributed by atoms with Crippen LogP contribution in [0.5, 0.6) is 0 Å². The van der Waals surface area contributed by atoms with Crippen molar-refractivity contribution in [3.63, 3.8) is 0 Å². The van der Waals surface area contributed by atoms with Gasteiger partial charge in [-0.15, -0.1) is 0 Å². The Kier molecular flexibility index (Phi) is 2.86. The highest BCUT2D eigenvalue weighted by Crippen LogP contribution is 2.32. The van der Waals surface area contributed by atoms with E-state index >= 15 is 0 Å². The summed E-state index contributed by atoms with van der Waals surface area (Å²) in [5.41, 5.74) is 2.18. The molecule has 2 rings (SSSR count). The van der Waals surface area contributed by atoms with E-state index in [1.54, 1.807) is 0 Å². The molecule has 0 atom stereocenters. The minimum absolute atomic E-state index is 0.0567. The van der Waals surface area contributed by atoms with E-state index in [-0.39, 0.29) is 11.9 Å². The lowest BCUT2D eigenvalue weighted by molar-refractivity contribution is -0.151. The summed E-state index contributed by atoms with van der Waals surface area (Å²) in [4.78, 5) is 11.5. The first kappa shape index (κ1) is 9.97. The maximum atomic E-state index is 11.5. The highest BCUT2D eigenvalue weighted by molar-refractivity contribution is 5.74. The predicted molar refractivity (Wildman–Crippen MR) is 58.1 cm³/mol. The van der Waals surface area contributed by atoms with Crippen LogP contribution in [0.15, 0.2) is 42.5 Å². The van der Waals surface area contributed by atoms with E-state index in [1.807, 2.05) is 30.3 Å². The summed E-state index contributed by atoms with van der Waals surface area (Å²) in [7, 11) is 0. The summed E-state index contributed by atoms with van der Waals surface area (Å²) in [5, 5.41) is 0. The van der Waals surface area contributed by atoms with E-state index in [1.165, 1.54) is 0 Å². The third-order valence-electron chi connectivity index (χ3n) is 2.63. The first-order chi connectivity index (χ1) is 7.25. The molecule has 0 N–H and O–H groups in total. The Morgan fingerprint density at radius 2 is 2.00 bits per heavy atom. The first-order valence-corrected chi connectivity index (χ1v) is 5.13. The normalized spacial score (nSPS) is 15.9. The Bertz CT molecular complexity index is 359. The summed E-state index contributed by atoms with van der Waals surface area (Å²) in [6.07, 6.45) is 1.60. The number of esters is 1. The van der Waals surface area contributed by atoms with E-state index in [9.17, 15) is 4.79 Å². The van der Waals surface area contributed by atoms with Crippen LogP contribution >= 0.6 is 0 Å². The second-order valence-electron chi connectivity index (χ2n) is 3.95. The van der Waals surface area contributed by atoms with Crippen molar-refractivity contribution >= 4 is 5.97 Å². The highest BCUT2D eigenvalue weighted by atomic mass is 16.5. The van der Waals surface area contributed by atoms with Crippen LogP contribution < -0.4 is 0 Å². The molecule has 0 bridgehead atoms. The SMILES string of the molecule is C=C1CC(C(=O)OCc2ccccc2)C1. The van der Waals surface area contributed by atoms with Crippen LogP contribution in [0.3, 0.4) is 0 Å². The molecule has 1 saturated carbocycles. The minimum Gasteiger partial charge on any atom is -0.461 e. The predicted octanol–water partition coefficient (Wildman–Crippen LogP) is 2.70. The molecule has 1 aliphatic rings. The van der Waals surface area contributed by atoms with E-state index in [0.29, 0.717) is 6.61 Å². The van der Waals surface area contributed by atoms with Gasteiger partial charge >= 0.3 is 5.97 Å². The number of carbonyl (C=O) groups is 1. The lowest BCUT2D eigenvalue weighted by Gasteiger charge is -2.26. The van der Waals surface area contributed by atoms with Crippen molar-refractivity contribution in [1.29, 1.82) is 0 Å². The third kappa shape index (κ3) is 2.46. The van der Waals surface area contributed by atoms with Crippen molar-refractivity contribution in [3.05, 3.63) is 48.0 Å². The molecular formula is C13H14O2. The molecule has 2 heteroatoms. The van der Waals surface area contributed by atoms with Gasteiger partial charge in [-0.25, -0.2) is 0 Å². The molecule has 78 valence electrons. The fourth-order valence-electron chi connectivity index (χ4n) is 1.65. The van der Waals surface area contributed by atoms with Gasteiger partial charge in [-0.1, -0.05) is 42.5 Å². The maximum absolute atomic E-state index is 11.5. The molecule has 1 aromatic carbocycles. The van der Waals surface area contributed by atoms with Gasteiger partial charge < -0.3 is 4.74 Å². The number of ether oxygens (including phenoxy) is 1. The summed E-state index contributed by atoms with van der Waals surface area (Å²) >= 11 is 0. The summed E-state index contributed by atoms with van der Waals surface area (Å²) in [5.74, 6) is -0.0348. The van der Waals surface area contributed by atoms with Gasteiger partial charge in [-0.2, -0.15) is 0 Å². The van der Waals surface area contributed by atoms with Crippen LogP contribution in [0.25, 0.3) is 0 Å². The van der Waals surface area contributed by atoms with Crippen molar-refractivity contribution < 1.29 is 9.53 Å². The van der Waals surface area contributed by atoms with Crippen LogP contribution in [-0.4, -0.2) is 5.97 Å². The zero-order valence-electron chi connectivity index (χ0n) is 8.61. The summed E-state index contributed by atoms with van der Waals surface area (Å²) < 4.78 is 5.20. The number of rotatable bonds is 3. The van der Waals surface area contributed by atoms with E-state index in [0.717, 1.165) is 24.0 Å². The molecular weight excluding hydrogens is 188 g/mol. The fraction of sp³-hybridized carbons (Fsp3) is 0.308. The molecule has 0 unspecified atom stereocenters. The number of carbonyl (C=O) groups excluding carboxylic acids is 1. The van der Waals surface area contributed by atoms with Crippen molar-refractivity contribution in [2.45, 2.75) is 19.4 Å². The van der Waals surface area contributed by atoms with E-state index < -0.39 is 0 Å². The lowest BCUT2D eigenvalue weighted by atomic mass is 9.81. The second kappa shape index (κ2) is 4.30. The third-order valence-corrected chi connectivity index (χ3v) is 2.63. The minimum atomic E-state index is -0.0914. The maximum Gasteiger partial charge on any atom is 0.309 e. The van der Waals surface area contributed by atoms with Crippen LogP contribution in [0.4, 0.5) is 0 Å². The van der Waals surface area contributed by atoms with Gasteiger partial charge in [0.15, 0.2) is 0 Å². The van der Waals surface area contributed by atoms with E-state index in [4.69, 9.17) is 4.74 Å². The summed E-state index contributed by atoms with van der Waals surface area (Å²) in [6.45, 7) is 4.18. The van der Waals surface area contributed by atoms with Crippen LogP contribution in [-0.2, 0) is 16.1 Å². The Morgan fingerprint density at radius 1 is 1.33 bits per heavy atom. The van der Waals surface area contributed by atoms with Crippen LogP contribution in [0.2, 0.25) is 0 Å². The monoisotopic (exact) mass is 202 g/mol. The van der Waals surface area contributed by atoms with Gasteiger partial charge in [0.25, 0.3) is 0 Å². The number of hydrogen-bond donors (Lipinski definition) is 0. The Hall–Kier alpha value is -1.57. The van der Waals surface area contributed by atoms with Crippen molar-refractivity contribution in [1.82, 2.24) is 0 Å². The average molecular weight is 202 g/mol. The molecule has 0 aliphatic heterocycles. The molecule has 1 aromatic rings. The Morgan fingerprint density at radius 3 is 2.60 bits per heavy atom. The number of benzene rings is 1. The standard InChI is InChI=1S/C13H14O2/c1-10-7-12(8-10)13(14)15-9-11-5-3-2-4-6-11/h2-6,12H,1,7-9H2. The number of allylic oxidation sites excluding steroid dienone is 1. The van der Waals surface area contributed by atoms with Gasteiger partial charge in [0.1, 0.15) is 6.61 Å². The quantitative estimate of drug-likeness (QED) is 0.556. The highest BCUT2D eigenvalue weighted by Gasteiger charge is 2.29. The van der Waals surface area contributed by atoms with Crippen molar-refractivity contribution in [3.8, 4) is 0 Å². The van der Waals surface area contributed by atoms with Crippen LogP contribution in [0.1, 0.15) is 18.4 Å². The van der Waals surface area contributed by atoms with Crippen molar-refractivity contribution in [2.75, 3.05) is 0 Å². The smallest absolute Gasteiger partial charge is 0.309 e. The topological polar surface area (TPSA) is 26.3 Å². The van der Waals surface area contributed by atoms with Gasteiger partial charge in [0.2, 0.25) is 0 Å². The average Bonchev–Trinajstić information content (AvgIpc) is 2.23. The molecule has 0 saturated heterocycles. The van der Waals surface area contributed by atoms with Crippen LogP contribution in [0, 0.1) is 5.92 Å². The van der Waals surface area contributed by atoms with Gasteiger partial charge in [0, 0.05) is 0 Å². The molecule has 1 fully saturated rings. The molecule has 0 spiro atoms. The second-order valence-corrected chi connectivity index (χ2v) is 3.95. The largest absolute Gasteiger partial charge is 0.461 e. The Labute approximate surface area is 89.6 Å². The molecule has 0 aromatic heterocycles. The molecule has 15 heavy (non-hydrogen) atoms. The Balaban J connectivity index is 1.79. The van der Waals surface area contributed by atoms with Gasteiger partial charge in [0.05, 0.1) is 5.92 Å². The zero-order chi connectivity index (χ0) is 10.7. The lowest BCUT2D eigenvalue weighted by Crippen LogP contribution is -2.25. The molecule has 0 amide bonds. The number of hydrogen-bond acceptors (Lipinski definition) is 2. The molecule has 0 heterocycles. The molecule has 1 aliphatic carbocycles. The van der Waals surface area contributed by atoms with Gasteiger partial charge in [-0.3, -0.25) is 4.79 Å².